The maximum atomic E-state index is 12.5. The number of hydrogen-bond donors (Lipinski definition) is 1. The van der Waals surface area contributed by atoms with Gasteiger partial charge in [0.2, 0.25) is 15.6 Å². The van der Waals surface area contributed by atoms with E-state index >= 15 is 0 Å². The van der Waals surface area contributed by atoms with Crippen molar-refractivity contribution in [1.29, 1.82) is 0 Å². The van der Waals surface area contributed by atoms with Crippen LogP contribution in [0.1, 0.15) is 5.56 Å². The summed E-state index contributed by atoms with van der Waals surface area (Å²) in [5.74, 6) is -1.52. The molecule has 0 bridgehead atoms. The molecule has 1 aliphatic heterocycles. The highest BCUT2D eigenvalue weighted by Crippen LogP contribution is 2.38. The summed E-state index contributed by atoms with van der Waals surface area (Å²) >= 11 is 5.27. The predicted octanol–water partition coefficient (Wildman–Crippen LogP) is 2.50. The van der Waals surface area contributed by atoms with E-state index in [1.807, 2.05) is 18.2 Å². The zero-order chi connectivity index (χ0) is 14.3. The highest BCUT2D eigenvalue weighted by atomic mass is 35.5. The van der Waals surface area contributed by atoms with E-state index in [9.17, 15) is 8.42 Å². The van der Waals surface area contributed by atoms with Crippen LogP contribution in [0.4, 0.5) is 0 Å². The average Bonchev–Trinajstić information content (AvgIpc) is 2.68. The lowest BCUT2D eigenvalue weighted by molar-refractivity contribution is -0.0263. The SMILES string of the molecule is O=S1(=O)C(COC(O)Cl)=Cc2ccc3ccccc3c21. The summed E-state index contributed by atoms with van der Waals surface area (Å²) in [6.07, 6.45) is 1.55. The molecule has 0 amide bonds. The molecule has 3 rings (SSSR count). The van der Waals surface area contributed by atoms with Gasteiger partial charge in [0, 0.05) is 5.39 Å². The Hall–Kier alpha value is -1.40. The number of ether oxygens (including phenoxy) is 1. The van der Waals surface area contributed by atoms with Crippen molar-refractivity contribution in [2.75, 3.05) is 6.61 Å². The molecular formula is C14H11ClO4S. The first kappa shape index (κ1) is 13.6. The number of alkyl halides is 1. The van der Waals surface area contributed by atoms with Crippen LogP contribution in [0, 0.1) is 0 Å². The zero-order valence-electron chi connectivity index (χ0n) is 10.3. The molecule has 20 heavy (non-hydrogen) atoms. The lowest BCUT2D eigenvalue weighted by Crippen LogP contribution is -2.11. The number of benzene rings is 2. The lowest BCUT2D eigenvalue weighted by Gasteiger charge is -2.08. The van der Waals surface area contributed by atoms with E-state index in [1.165, 1.54) is 0 Å². The van der Waals surface area contributed by atoms with Crippen LogP contribution in [0.2, 0.25) is 0 Å². The molecule has 104 valence electrons. The Morgan fingerprint density at radius 1 is 1.20 bits per heavy atom. The molecule has 6 heteroatoms. The van der Waals surface area contributed by atoms with E-state index < -0.39 is 15.6 Å². The van der Waals surface area contributed by atoms with Gasteiger partial charge in [-0.05, 0) is 17.0 Å². The van der Waals surface area contributed by atoms with Crippen LogP contribution >= 0.6 is 11.6 Å². The molecule has 0 fully saturated rings. The van der Waals surface area contributed by atoms with Crippen LogP contribution < -0.4 is 0 Å². The van der Waals surface area contributed by atoms with Crippen LogP contribution in [0.5, 0.6) is 0 Å². The topological polar surface area (TPSA) is 63.6 Å². The average molecular weight is 311 g/mol. The quantitative estimate of drug-likeness (QED) is 0.699. The van der Waals surface area contributed by atoms with E-state index in [4.69, 9.17) is 21.4 Å². The van der Waals surface area contributed by atoms with Crippen molar-refractivity contribution in [3.63, 3.8) is 0 Å². The molecule has 1 unspecified atom stereocenters. The van der Waals surface area contributed by atoms with Gasteiger partial charge in [0.15, 0.2) is 0 Å². The van der Waals surface area contributed by atoms with E-state index in [0.717, 1.165) is 5.39 Å². The standard InChI is InChI=1S/C14H11ClO4S/c15-14(16)19-8-11-7-10-6-5-9-3-1-2-4-12(9)13(10)20(11,17)18/h1-7,14,16H,8H2. The summed E-state index contributed by atoms with van der Waals surface area (Å²) in [4.78, 5) is 0.391. The van der Waals surface area contributed by atoms with Gasteiger partial charge < -0.3 is 9.84 Å². The highest BCUT2D eigenvalue weighted by Gasteiger charge is 2.31. The second kappa shape index (κ2) is 4.86. The highest BCUT2D eigenvalue weighted by molar-refractivity contribution is 7.96. The minimum atomic E-state index is -3.60. The molecule has 0 radical (unpaired) electrons. The summed E-state index contributed by atoms with van der Waals surface area (Å²) in [6.45, 7) is -0.254. The second-order valence-corrected chi connectivity index (χ2v) is 6.74. The van der Waals surface area contributed by atoms with Crippen molar-refractivity contribution in [3.05, 3.63) is 46.9 Å². The van der Waals surface area contributed by atoms with E-state index in [-0.39, 0.29) is 11.5 Å². The molecule has 0 spiro atoms. The molecule has 4 nitrogen and oxygen atoms in total. The molecular weight excluding hydrogens is 300 g/mol. The van der Waals surface area contributed by atoms with Crippen molar-refractivity contribution in [2.24, 2.45) is 0 Å². The van der Waals surface area contributed by atoms with Crippen LogP contribution in [0.15, 0.2) is 46.2 Å². The van der Waals surface area contributed by atoms with E-state index in [1.54, 1.807) is 24.3 Å². The van der Waals surface area contributed by atoms with Gasteiger partial charge in [0.25, 0.3) is 0 Å². The Kier molecular flexibility index (Phi) is 3.30. The van der Waals surface area contributed by atoms with Crippen molar-refractivity contribution in [2.45, 2.75) is 10.6 Å². The Labute approximate surface area is 121 Å². The molecule has 0 aliphatic carbocycles. The van der Waals surface area contributed by atoms with Crippen LogP contribution in [0.3, 0.4) is 0 Å². The lowest BCUT2D eigenvalue weighted by atomic mass is 10.1. The number of fused-ring (bicyclic) bond motifs is 3. The maximum Gasteiger partial charge on any atom is 0.235 e. The van der Waals surface area contributed by atoms with Crippen molar-refractivity contribution in [3.8, 4) is 0 Å². The zero-order valence-corrected chi connectivity index (χ0v) is 11.9. The maximum absolute atomic E-state index is 12.5. The Balaban J connectivity index is 2.13. The molecule has 1 atom stereocenters. The number of sulfone groups is 1. The minimum Gasteiger partial charge on any atom is -0.356 e. The van der Waals surface area contributed by atoms with Crippen LogP contribution in [-0.4, -0.2) is 25.9 Å². The molecule has 1 aliphatic rings. The number of hydrogen-bond acceptors (Lipinski definition) is 4. The molecule has 0 saturated carbocycles. The number of halogens is 1. The smallest absolute Gasteiger partial charge is 0.235 e. The van der Waals surface area contributed by atoms with Gasteiger partial charge in [0.05, 0.1) is 16.4 Å². The molecule has 2 aromatic rings. The van der Waals surface area contributed by atoms with Gasteiger partial charge in [0.1, 0.15) is 0 Å². The van der Waals surface area contributed by atoms with Gasteiger partial charge in [-0.2, -0.15) is 0 Å². The van der Waals surface area contributed by atoms with Crippen LogP contribution in [0.25, 0.3) is 16.8 Å². The fourth-order valence-corrected chi connectivity index (χ4v) is 4.07. The monoisotopic (exact) mass is 310 g/mol. The Bertz CT molecular complexity index is 809. The molecule has 0 saturated heterocycles. The first-order valence-electron chi connectivity index (χ1n) is 5.91. The first-order chi connectivity index (χ1) is 9.50. The molecule has 2 aromatic carbocycles. The Morgan fingerprint density at radius 3 is 2.70 bits per heavy atom. The van der Waals surface area contributed by atoms with Gasteiger partial charge in [-0.15, -0.1) is 0 Å². The van der Waals surface area contributed by atoms with Crippen LogP contribution in [-0.2, 0) is 14.6 Å². The largest absolute Gasteiger partial charge is 0.356 e. The Morgan fingerprint density at radius 2 is 1.95 bits per heavy atom. The summed E-state index contributed by atoms with van der Waals surface area (Å²) in [5.41, 5.74) is 0.631. The molecule has 1 heterocycles. The third-order valence-corrected chi connectivity index (χ3v) is 5.25. The van der Waals surface area contributed by atoms with Crippen molar-refractivity contribution < 1.29 is 18.3 Å². The summed E-state index contributed by atoms with van der Waals surface area (Å²) in [7, 11) is -3.60. The third-order valence-electron chi connectivity index (χ3n) is 3.20. The van der Waals surface area contributed by atoms with Gasteiger partial charge in [-0.1, -0.05) is 48.0 Å². The third kappa shape index (κ3) is 2.13. The predicted molar refractivity (Wildman–Crippen MR) is 76.9 cm³/mol. The van der Waals surface area contributed by atoms with E-state index in [0.29, 0.717) is 15.8 Å². The van der Waals surface area contributed by atoms with Crippen molar-refractivity contribution in [1.82, 2.24) is 0 Å². The van der Waals surface area contributed by atoms with Gasteiger partial charge in [-0.3, -0.25) is 0 Å². The normalized spacial score (nSPS) is 17.8. The fraction of sp³-hybridized carbons (Fsp3) is 0.143. The summed E-state index contributed by atoms with van der Waals surface area (Å²) in [5, 5.41) is 10.4. The first-order valence-corrected chi connectivity index (χ1v) is 7.83. The van der Waals surface area contributed by atoms with Gasteiger partial charge >= 0.3 is 0 Å². The van der Waals surface area contributed by atoms with E-state index in [2.05, 4.69) is 0 Å². The number of rotatable bonds is 3. The molecule has 0 aromatic heterocycles. The van der Waals surface area contributed by atoms with Gasteiger partial charge in [-0.25, -0.2) is 8.42 Å². The second-order valence-electron chi connectivity index (χ2n) is 4.42. The summed E-state index contributed by atoms with van der Waals surface area (Å²) in [6, 6.07) is 10.9. The van der Waals surface area contributed by atoms with Crippen molar-refractivity contribution >= 4 is 38.3 Å². The summed E-state index contributed by atoms with van der Waals surface area (Å²) < 4.78 is 29.9. The number of aliphatic hydroxyl groups excluding tert-OH is 1. The fourth-order valence-electron chi connectivity index (χ4n) is 2.33. The minimum absolute atomic E-state index is 0.101. The number of aliphatic hydroxyl groups is 1. The molecule has 1 N–H and O–H groups in total.